The van der Waals surface area contributed by atoms with E-state index in [2.05, 4.69) is 29.0 Å². The molecule has 13 heteroatoms. The van der Waals surface area contributed by atoms with Crippen molar-refractivity contribution < 1.29 is 28.2 Å². The van der Waals surface area contributed by atoms with Crippen molar-refractivity contribution in [1.82, 2.24) is 19.4 Å². The minimum atomic E-state index is -0.789. The van der Waals surface area contributed by atoms with Crippen molar-refractivity contribution in [2.24, 2.45) is 0 Å². The normalized spacial score (nSPS) is 12.9. The second-order valence-electron chi connectivity index (χ2n) is 9.94. The molecule has 1 aliphatic rings. The van der Waals surface area contributed by atoms with Crippen molar-refractivity contribution in [1.29, 1.82) is 0 Å². The van der Waals surface area contributed by atoms with Crippen molar-refractivity contribution in [3.05, 3.63) is 59.7 Å². The van der Waals surface area contributed by atoms with Gasteiger partial charge in [0.2, 0.25) is 0 Å². The molecule has 0 aliphatic carbocycles. The van der Waals surface area contributed by atoms with Crippen molar-refractivity contribution >= 4 is 57.9 Å². The molecule has 0 saturated heterocycles. The molecule has 238 valence electrons. The van der Waals surface area contributed by atoms with Crippen molar-refractivity contribution in [3.63, 3.8) is 0 Å². The number of nitrogens with one attached hydrogen (secondary N) is 1. The van der Waals surface area contributed by atoms with Gasteiger partial charge in [0.15, 0.2) is 0 Å². The molecule has 0 atom stereocenters. The SMILES string of the molecule is CCSCCN(CCSCC)Cc1cn(C(=O)OCCOCCNc2ccc3c4c(cccc24)C(=O)N(CCF)C3=O)cn1. The first-order chi connectivity index (χ1) is 21.5. The topological polar surface area (TPSA) is 106 Å². The highest BCUT2D eigenvalue weighted by molar-refractivity contribution is 7.99. The summed E-state index contributed by atoms with van der Waals surface area (Å²) in [6.45, 7) is 7.05. The van der Waals surface area contributed by atoms with E-state index in [1.165, 1.54) is 10.9 Å². The van der Waals surface area contributed by atoms with Crippen LogP contribution in [0.1, 0.15) is 40.3 Å². The number of rotatable bonds is 19. The second-order valence-corrected chi connectivity index (χ2v) is 12.7. The molecule has 0 radical (unpaired) electrons. The Morgan fingerprint density at radius 3 is 2.43 bits per heavy atom. The fourth-order valence-electron chi connectivity index (χ4n) is 4.93. The molecule has 3 aromatic rings. The number of ether oxygens (including phenoxy) is 2. The molecule has 2 aromatic carbocycles. The van der Waals surface area contributed by atoms with Crippen LogP contribution in [0.5, 0.6) is 0 Å². The highest BCUT2D eigenvalue weighted by atomic mass is 32.2. The third kappa shape index (κ3) is 8.74. The molecule has 0 bridgehead atoms. The van der Waals surface area contributed by atoms with Crippen molar-refractivity contribution in [2.45, 2.75) is 20.4 Å². The lowest BCUT2D eigenvalue weighted by atomic mass is 9.93. The minimum absolute atomic E-state index is 0.0988. The monoisotopic (exact) mass is 645 g/mol. The lowest BCUT2D eigenvalue weighted by Crippen LogP contribution is -2.41. The van der Waals surface area contributed by atoms with Gasteiger partial charge in [-0.3, -0.25) is 19.4 Å². The van der Waals surface area contributed by atoms with Gasteiger partial charge in [0.1, 0.15) is 19.6 Å². The number of imide groups is 1. The molecule has 0 unspecified atom stereocenters. The molecule has 0 spiro atoms. The number of hydrogen-bond donors (Lipinski definition) is 1. The van der Waals surface area contributed by atoms with Gasteiger partial charge >= 0.3 is 6.09 Å². The summed E-state index contributed by atoms with van der Waals surface area (Å²) < 4.78 is 25.3. The van der Waals surface area contributed by atoms with Crippen LogP contribution in [0.25, 0.3) is 10.8 Å². The number of thioether (sulfide) groups is 2. The van der Waals surface area contributed by atoms with Crippen LogP contribution in [0.2, 0.25) is 0 Å². The summed E-state index contributed by atoms with van der Waals surface area (Å²) in [5, 5.41) is 4.58. The Bertz CT molecular complexity index is 1390. The summed E-state index contributed by atoms with van der Waals surface area (Å²) in [6.07, 6.45) is 2.71. The van der Waals surface area contributed by atoms with Crippen LogP contribution in [0.3, 0.4) is 0 Å². The van der Waals surface area contributed by atoms with Gasteiger partial charge in [-0.25, -0.2) is 18.7 Å². The highest BCUT2D eigenvalue weighted by Gasteiger charge is 2.32. The van der Waals surface area contributed by atoms with Gasteiger partial charge in [-0.15, -0.1) is 0 Å². The van der Waals surface area contributed by atoms with Gasteiger partial charge < -0.3 is 14.8 Å². The van der Waals surface area contributed by atoms with E-state index in [4.69, 9.17) is 9.47 Å². The molecule has 2 amide bonds. The maximum absolute atomic E-state index is 12.9. The summed E-state index contributed by atoms with van der Waals surface area (Å²) in [6, 6.07) is 8.67. The molecule has 1 aliphatic heterocycles. The van der Waals surface area contributed by atoms with E-state index in [1.807, 2.05) is 29.6 Å². The van der Waals surface area contributed by atoms with Gasteiger partial charge in [0.05, 0.1) is 25.5 Å². The first kappa shape index (κ1) is 33.8. The molecule has 1 aromatic heterocycles. The van der Waals surface area contributed by atoms with Crippen LogP contribution in [0, 0.1) is 0 Å². The first-order valence-electron chi connectivity index (χ1n) is 14.9. The number of anilines is 1. The van der Waals surface area contributed by atoms with Gasteiger partial charge in [-0.05, 0) is 29.7 Å². The Morgan fingerprint density at radius 1 is 1.00 bits per heavy atom. The van der Waals surface area contributed by atoms with Crippen LogP contribution in [-0.2, 0) is 16.0 Å². The highest BCUT2D eigenvalue weighted by Crippen LogP contribution is 2.34. The summed E-state index contributed by atoms with van der Waals surface area (Å²) in [4.78, 5) is 45.8. The van der Waals surface area contributed by atoms with Crippen LogP contribution < -0.4 is 5.32 Å². The quantitative estimate of drug-likeness (QED) is 0.141. The van der Waals surface area contributed by atoms with Crippen LogP contribution in [0.15, 0.2) is 42.9 Å². The number of alkyl halides is 1. The second kappa shape index (κ2) is 17.4. The standard InChI is InChI=1S/C31H40FN5O5S2/c1-3-43-18-13-35(14-19-44-4-2)20-23-21-36(22-34-23)31(40)42-17-16-41-15-11-33-27-9-8-26-28-24(27)6-5-7-25(28)29(38)37(12-10-32)30(26)39/h5-9,21-22,33H,3-4,10-20H2,1-2H3. The summed E-state index contributed by atoms with van der Waals surface area (Å²) >= 11 is 3.84. The number of amides is 2. The number of halogens is 1. The average molecular weight is 646 g/mol. The molecule has 2 heterocycles. The maximum atomic E-state index is 12.9. The van der Waals surface area contributed by atoms with E-state index >= 15 is 0 Å². The largest absolute Gasteiger partial charge is 0.446 e. The molecular weight excluding hydrogens is 606 g/mol. The Balaban J connectivity index is 1.20. The number of carbonyl (C=O) groups is 3. The van der Waals surface area contributed by atoms with Gasteiger partial charge in [-0.2, -0.15) is 23.5 Å². The van der Waals surface area contributed by atoms with E-state index in [1.54, 1.807) is 30.5 Å². The number of benzene rings is 2. The predicted octanol–water partition coefficient (Wildman–Crippen LogP) is 5.02. The van der Waals surface area contributed by atoms with Crippen LogP contribution in [-0.4, -0.2) is 113 Å². The van der Waals surface area contributed by atoms with Gasteiger partial charge in [-0.1, -0.05) is 26.0 Å². The first-order valence-corrected chi connectivity index (χ1v) is 17.2. The summed E-state index contributed by atoms with van der Waals surface area (Å²) in [5.74, 6) is 3.35. The van der Waals surface area contributed by atoms with E-state index in [-0.39, 0.29) is 19.8 Å². The smallest absolute Gasteiger partial charge is 0.419 e. The summed E-state index contributed by atoms with van der Waals surface area (Å²) in [5.41, 5.74) is 2.35. The van der Waals surface area contributed by atoms with Crippen LogP contribution >= 0.6 is 23.5 Å². The minimum Gasteiger partial charge on any atom is -0.446 e. The number of carbonyl (C=O) groups excluding carboxylic acids is 3. The third-order valence-corrected chi connectivity index (χ3v) is 8.82. The third-order valence-electron chi connectivity index (χ3n) is 7.06. The van der Waals surface area contributed by atoms with Gasteiger partial charge in [0, 0.05) is 71.5 Å². The molecule has 10 nitrogen and oxygen atoms in total. The maximum Gasteiger partial charge on any atom is 0.419 e. The van der Waals surface area contributed by atoms with Crippen molar-refractivity contribution in [3.8, 4) is 0 Å². The molecule has 1 N–H and O–H groups in total. The fourth-order valence-corrected chi connectivity index (χ4v) is 6.28. The van der Waals surface area contributed by atoms with Crippen LogP contribution in [0.4, 0.5) is 14.9 Å². The number of hydrogen-bond acceptors (Lipinski definition) is 10. The lowest BCUT2D eigenvalue weighted by Gasteiger charge is -2.27. The average Bonchev–Trinajstić information content (AvgIpc) is 3.50. The Morgan fingerprint density at radius 2 is 1.73 bits per heavy atom. The summed E-state index contributed by atoms with van der Waals surface area (Å²) in [7, 11) is 0. The van der Waals surface area contributed by atoms with E-state index in [0.29, 0.717) is 36.2 Å². The lowest BCUT2D eigenvalue weighted by molar-refractivity contribution is 0.0600. The number of aromatic nitrogens is 2. The zero-order valence-corrected chi connectivity index (χ0v) is 26.9. The predicted molar refractivity (Wildman–Crippen MR) is 175 cm³/mol. The zero-order valence-electron chi connectivity index (χ0n) is 25.3. The van der Waals surface area contributed by atoms with E-state index < -0.39 is 24.6 Å². The molecule has 0 fully saturated rings. The number of imidazole rings is 1. The zero-order chi connectivity index (χ0) is 31.3. The molecule has 44 heavy (non-hydrogen) atoms. The van der Waals surface area contributed by atoms with E-state index in [9.17, 15) is 18.8 Å². The Hall–Kier alpha value is -3.13. The fraction of sp³-hybridized carbons (Fsp3) is 0.484. The molecule has 4 rings (SSSR count). The Labute approximate surface area is 266 Å². The number of nitrogens with zero attached hydrogens (tertiary/aromatic N) is 4. The van der Waals surface area contributed by atoms with Gasteiger partial charge in [0.25, 0.3) is 11.8 Å². The Kier molecular flexibility index (Phi) is 13.3. The molecule has 0 saturated carbocycles. The van der Waals surface area contributed by atoms with E-state index in [0.717, 1.165) is 57.8 Å². The van der Waals surface area contributed by atoms with Crippen molar-refractivity contribution in [2.75, 3.05) is 81.0 Å². The molecular formula is C31H40FN5O5S2.